The molecule has 1 amide bonds. The summed E-state index contributed by atoms with van der Waals surface area (Å²) < 4.78 is 10.2. The molecule has 2 N–H and O–H groups in total. The van der Waals surface area contributed by atoms with Crippen LogP contribution >= 0.6 is 12.6 Å². The van der Waals surface area contributed by atoms with E-state index in [1.54, 1.807) is 0 Å². The van der Waals surface area contributed by atoms with Crippen LogP contribution < -0.4 is 5.32 Å². The molecule has 3 atom stereocenters. The van der Waals surface area contributed by atoms with Gasteiger partial charge in [0, 0.05) is 18.7 Å². The van der Waals surface area contributed by atoms with Crippen molar-refractivity contribution in [1.82, 2.24) is 5.32 Å². The molecule has 1 heterocycles. The van der Waals surface area contributed by atoms with Gasteiger partial charge in [-0.1, -0.05) is 0 Å². The van der Waals surface area contributed by atoms with Crippen molar-refractivity contribution in [3.05, 3.63) is 39.9 Å². The van der Waals surface area contributed by atoms with Gasteiger partial charge in [0.1, 0.15) is 12.7 Å². The zero-order valence-electron chi connectivity index (χ0n) is 11.5. The molecule has 0 unspecified atom stereocenters. The Hall–Kier alpha value is -1.84. The third kappa shape index (κ3) is 4.33. The molecule has 1 saturated heterocycles. The fourth-order valence-electron chi connectivity index (χ4n) is 1.94. The van der Waals surface area contributed by atoms with Gasteiger partial charge in [-0.05, 0) is 17.7 Å². The number of ether oxygens (including phenoxy) is 2. The van der Waals surface area contributed by atoms with Crippen molar-refractivity contribution in [3.63, 3.8) is 0 Å². The molecule has 2 rings (SSSR count). The molecule has 8 nitrogen and oxygen atoms in total. The molecular formula is C13H16N2O6S. The summed E-state index contributed by atoms with van der Waals surface area (Å²) in [5, 5.41) is 22.4. The topological polar surface area (TPSA) is 111 Å². The monoisotopic (exact) mass is 328 g/mol. The lowest BCUT2D eigenvalue weighted by Crippen LogP contribution is -2.38. The van der Waals surface area contributed by atoms with Gasteiger partial charge in [0.05, 0.1) is 22.9 Å². The zero-order valence-corrected chi connectivity index (χ0v) is 12.4. The Morgan fingerprint density at radius 3 is 2.73 bits per heavy atom. The minimum atomic E-state index is -0.738. The molecule has 0 aromatic heterocycles. The third-order valence-corrected chi connectivity index (χ3v) is 3.68. The van der Waals surface area contributed by atoms with E-state index < -0.39 is 23.2 Å². The molecule has 120 valence electrons. The minimum Gasteiger partial charge on any atom is -0.445 e. The van der Waals surface area contributed by atoms with E-state index in [4.69, 9.17) is 9.47 Å². The number of hydrogen-bond acceptors (Lipinski definition) is 7. The van der Waals surface area contributed by atoms with Crippen LogP contribution in [0.4, 0.5) is 10.5 Å². The summed E-state index contributed by atoms with van der Waals surface area (Å²) >= 11 is 4.14. The Morgan fingerprint density at radius 1 is 1.50 bits per heavy atom. The number of nitrogens with one attached hydrogen (secondary N) is 1. The number of nitro groups is 1. The molecule has 1 aliphatic rings. The molecule has 0 saturated carbocycles. The van der Waals surface area contributed by atoms with Gasteiger partial charge in [0.15, 0.2) is 0 Å². The summed E-state index contributed by atoms with van der Waals surface area (Å²) in [5.41, 5.74) is 0.607. The van der Waals surface area contributed by atoms with Crippen LogP contribution in [0.2, 0.25) is 0 Å². The summed E-state index contributed by atoms with van der Waals surface area (Å²) in [6.07, 6.45) is -1.90. The maximum Gasteiger partial charge on any atom is 0.407 e. The Morgan fingerprint density at radius 2 is 2.18 bits per heavy atom. The SMILES string of the molecule is O=C(NC[C@@H]1OC[C@H](S)[C@H]1O)OCc1ccc([N+](=O)[O-])cc1. The zero-order chi connectivity index (χ0) is 16.1. The number of hydrogen-bond donors (Lipinski definition) is 3. The highest BCUT2D eigenvalue weighted by Crippen LogP contribution is 2.18. The van der Waals surface area contributed by atoms with Gasteiger partial charge >= 0.3 is 6.09 Å². The van der Waals surface area contributed by atoms with Crippen LogP contribution in [-0.2, 0) is 16.1 Å². The van der Waals surface area contributed by atoms with E-state index in [0.717, 1.165) is 0 Å². The van der Waals surface area contributed by atoms with E-state index in [1.807, 2.05) is 0 Å². The van der Waals surface area contributed by atoms with Crippen molar-refractivity contribution in [3.8, 4) is 0 Å². The molecular weight excluding hydrogens is 312 g/mol. The van der Waals surface area contributed by atoms with Crippen molar-refractivity contribution in [2.45, 2.75) is 24.1 Å². The number of benzene rings is 1. The summed E-state index contributed by atoms with van der Waals surface area (Å²) in [7, 11) is 0. The third-order valence-electron chi connectivity index (χ3n) is 3.22. The molecule has 0 radical (unpaired) electrons. The largest absolute Gasteiger partial charge is 0.445 e. The molecule has 22 heavy (non-hydrogen) atoms. The lowest BCUT2D eigenvalue weighted by molar-refractivity contribution is -0.384. The molecule has 0 bridgehead atoms. The van der Waals surface area contributed by atoms with Crippen LogP contribution in [0.5, 0.6) is 0 Å². The maximum atomic E-state index is 11.5. The van der Waals surface area contributed by atoms with Gasteiger partial charge in [0.2, 0.25) is 0 Å². The first-order chi connectivity index (χ1) is 10.5. The van der Waals surface area contributed by atoms with Crippen LogP contribution in [0.25, 0.3) is 0 Å². The predicted octanol–water partition coefficient (Wildman–Crippen LogP) is 0.879. The molecule has 0 spiro atoms. The smallest absolute Gasteiger partial charge is 0.407 e. The van der Waals surface area contributed by atoms with Crippen LogP contribution in [-0.4, -0.2) is 46.7 Å². The number of nitrogens with zero attached hydrogens (tertiary/aromatic N) is 1. The lowest BCUT2D eigenvalue weighted by Gasteiger charge is -2.15. The maximum absolute atomic E-state index is 11.5. The molecule has 0 aliphatic carbocycles. The van der Waals surface area contributed by atoms with Gasteiger partial charge in [-0.15, -0.1) is 0 Å². The van der Waals surface area contributed by atoms with E-state index in [2.05, 4.69) is 17.9 Å². The summed E-state index contributed by atoms with van der Waals surface area (Å²) in [5.74, 6) is 0. The first kappa shape index (κ1) is 16.5. The van der Waals surface area contributed by atoms with Crippen molar-refractivity contribution in [2.24, 2.45) is 0 Å². The molecule has 1 aromatic rings. The van der Waals surface area contributed by atoms with Crippen LogP contribution in [0.3, 0.4) is 0 Å². The van der Waals surface area contributed by atoms with Crippen molar-refractivity contribution in [1.29, 1.82) is 0 Å². The second-order valence-electron chi connectivity index (χ2n) is 4.81. The van der Waals surface area contributed by atoms with E-state index in [-0.39, 0.29) is 24.1 Å². The number of carbonyl (C=O) groups is 1. The summed E-state index contributed by atoms with van der Waals surface area (Å²) in [6.45, 7) is 0.443. The average Bonchev–Trinajstić information content (AvgIpc) is 2.83. The number of aliphatic hydroxyl groups excluding tert-OH is 1. The van der Waals surface area contributed by atoms with E-state index in [1.165, 1.54) is 24.3 Å². The Kier molecular flexibility index (Phi) is 5.58. The highest BCUT2D eigenvalue weighted by Gasteiger charge is 2.33. The fraction of sp³-hybridized carbons (Fsp3) is 0.462. The summed E-state index contributed by atoms with van der Waals surface area (Å²) in [6, 6.07) is 5.71. The number of rotatable bonds is 5. The number of thiol groups is 1. The quantitative estimate of drug-likeness (QED) is 0.420. The van der Waals surface area contributed by atoms with Crippen molar-refractivity contribution < 1.29 is 24.3 Å². The number of nitro benzene ring substituents is 1. The molecule has 9 heteroatoms. The van der Waals surface area contributed by atoms with Gasteiger partial charge < -0.3 is 19.9 Å². The first-order valence-corrected chi connectivity index (χ1v) is 7.10. The fourth-order valence-corrected chi connectivity index (χ4v) is 2.22. The van der Waals surface area contributed by atoms with Crippen LogP contribution in [0.15, 0.2) is 24.3 Å². The lowest BCUT2D eigenvalue weighted by atomic mass is 10.2. The summed E-state index contributed by atoms with van der Waals surface area (Å²) in [4.78, 5) is 21.5. The number of amides is 1. The van der Waals surface area contributed by atoms with Crippen LogP contribution in [0, 0.1) is 10.1 Å². The van der Waals surface area contributed by atoms with Gasteiger partial charge in [0.25, 0.3) is 5.69 Å². The number of non-ortho nitro benzene ring substituents is 1. The molecule has 1 aromatic carbocycles. The Labute approximate surface area is 132 Å². The molecule has 1 aliphatic heterocycles. The van der Waals surface area contributed by atoms with Gasteiger partial charge in [-0.3, -0.25) is 10.1 Å². The number of alkyl carbamates (subject to hydrolysis) is 1. The minimum absolute atomic E-state index is 0.00685. The Bertz CT molecular complexity index is 538. The predicted molar refractivity (Wildman–Crippen MR) is 79.8 cm³/mol. The number of aliphatic hydroxyl groups is 1. The first-order valence-electron chi connectivity index (χ1n) is 6.59. The highest BCUT2D eigenvalue weighted by atomic mass is 32.1. The second-order valence-corrected chi connectivity index (χ2v) is 5.47. The standard InChI is InChI=1S/C13H16N2O6S/c16-12-10(20-7-11(12)22)5-14-13(17)21-6-8-1-3-9(4-2-8)15(18)19/h1-4,10-12,16,22H,5-7H2,(H,14,17)/t10-,11-,12-/m0/s1. The highest BCUT2D eigenvalue weighted by molar-refractivity contribution is 7.81. The van der Waals surface area contributed by atoms with E-state index in [0.29, 0.717) is 12.2 Å². The second kappa shape index (κ2) is 7.43. The Balaban J connectivity index is 1.72. The average molecular weight is 328 g/mol. The molecule has 1 fully saturated rings. The van der Waals surface area contributed by atoms with Crippen LogP contribution in [0.1, 0.15) is 5.56 Å². The normalized spacial score (nSPS) is 24.0. The van der Waals surface area contributed by atoms with Crippen molar-refractivity contribution in [2.75, 3.05) is 13.2 Å². The number of carbonyl (C=O) groups excluding carboxylic acids is 1. The van der Waals surface area contributed by atoms with Crippen molar-refractivity contribution >= 4 is 24.4 Å². The van der Waals surface area contributed by atoms with E-state index >= 15 is 0 Å². The van der Waals surface area contributed by atoms with Gasteiger partial charge in [-0.2, -0.15) is 12.6 Å². The van der Waals surface area contributed by atoms with E-state index in [9.17, 15) is 20.0 Å². The van der Waals surface area contributed by atoms with Gasteiger partial charge in [-0.25, -0.2) is 4.79 Å².